The Hall–Kier alpha value is -4.01. The topological polar surface area (TPSA) is 88.2 Å². The SMILES string of the molecule is Cc1ccc(S(=O)(=O)Nc2ccc(C(=O)Nc3ccccc3-c3nc4ccccc4s3)cc2)cc1. The number of thiazole rings is 1. The lowest BCUT2D eigenvalue weighted by molar-refractivity contribution is 0.102. The Morgan fingerprint density at radius 3 is 2.26 bits per heavy atom. The van der Waals surface area contributed by atoms with E-state index in [1.165, 1.54) is 0 Å². The van der Waals surface area contributed by atoms with Gasteiger partial charge in [-0.05, 0) is 67.6 Å². The number of aryl methyl sites for hydroxylation is 1. The number of para-hydroxylation sites is 2. The Kier molecular flexibility index (Phi) is 6.07. The number of anilines is 2. The first kappa shape index (κ1) is 22.8. The molecule has 1 amide bonds. The predicted molar refractivity (Wildman–Crippen MR) is 141 cm³/mol. The molecule has 1 aromatic heterocycles. The molecule has 0 aliphatic rings. The first-order chi connectivity index (χ1) is 16.9. The summed E-state index contributed by atoms with van der Waals surface area (Å²) in [7, 11) is -3.72. The van der Waals surface area contributed by atoms with Crippen molar-refractivity contribution in [1.29, 1.82) is 0 Å². The summed E-state index contributed by atoms with van der Waals surface area (Å²) in [5.74, 6) is -0.300. The van der Waals surface area contributed by atoms with Crippen molar-refractivity contribution in [3.63, 3.8) is 0 Å². The quantitative estimate of drug-likeness (QED) is 0.286. The van der Waals surface area contributed by atoms with E-state index in [-0.39, 0.29) is 10.8 Å². The minimum atomic E-state index is -3.72. The molecule has 1 heterocycles. The van der Waals surface area contributed by atoms with E-state index in [2.05, 4.69) is 10.0 Å². The van der Waals surface area contributed by atoms with Gasteiger partial charge in [0.15, 0.2) is 0 Å². The summed E-state index contributed by atoms with van der Waals surface area (Å²) in [5, 5.41) is 3.78. The predicted octanol–water partition coefficient (Wildman–Crippen LogP) is 6.32. The Morgan fingerprint density at radius 1 is 0.829 bits per heavy atom. The van der Waals surface area contributed by atoms with Crippen LogP contribution in [-0.4, -0.2) is 19.3 Å². The highest BCUT2D eigenvalue weighted by atomic mass is 32.2. The van der Waals surface area contributed by atoms with Crippen LogP contribution in [0.2, 0.25) is 0 Å². The molecule has 0 aliphatic carbocycles. The summed E-state index contributed by atoms with van der Waals surface area (Å²) in [6.45, 7) is 1.89. The molecule has 4 aromatic carbocycles. The maximum Gasteiger partial charge on any atom is 0.261 e. The molecule has 0 saturated carbocycles. The van der Waals surface area contributed by atoms with E-state index in [0.717, 1.165) is 26.4 Å². The van der Waals surface area contributed by atoms with Gasteiger partial charge in [0.1, 0.15) is 5.01 Å². The fraction of sp³-hybridized carbons (Fsp3) is 0.0370. The molecule has 0 bridgehead atoms. The molecule has 0 fully saturated rings. The van der Waals surface area contributed by atoms with Crippen molar-refractivity contribution < 1.29 is 13.2 Å². The van der Waals surface area contributed by atoms with Crippen molar-refractivity contribution in [3.8, 4) is 10.6 Å². The zero-order valence-electron chi connectivity index (χ0n) is 18.7. The van der Waals surface area contributed by atoms with Gasteiger partial charge in [-0.2, -0.15) is 0 Å². The van der Waals surface area contributed by atoms with Gasteiger partial charge in [-0.1, -0.05) is 42.0 Å². The fourth-order valence-electron chi connectivity index (χ4n) is 3.58. The largest absolute Gasteiger partial charge is 0.321 e. The van der Waals surface area contributed by atoms with Crippen LogP contribution in [0, 0.1) is 6.92 Å². The summed E-state index contributed by atoms with van der Waals surface area (Å²) in [5.41, 5.74) is 4.16. The van der Waals surface area contributed by atoms with Gasteiger partial charge in [-0.25, -0.2) is 13.4 Å². The molecule has 174 valence electrons. The van der Waals surface area contributed by atoms with Gasteiger partial charge in [-0.15, -0.1) is 11.3 Å². The zero-order valence-corrected chi connectivity index (χ0v) is 20.4. The molecule has 2 N–H and O–H groups in total. The summed E-state index contributed by atoms with van der Waals surface area (Å²) in [6.07, 6.45) is 0. The molecule has 6 nitrogen and oxygen atoms in total. The second-order valence-electron chi connectivity index (χ2n) is 7.98. The maximum atomic E-state index is 13.0. The van der Waals surface area contributed by atoms with Gasteiger partial charge in [0, 0.05) is 16.8 Å². The van der Waals surface area contributed by atoms with Gasteiger partial charge < -0.3 is 5.32 Å². The molecular formula is C27H21N3O3S2. The number of hydrogen-bond donors (Lipinski definition) is 2. The minimum Gasteiger partial charge on any atom is -0.321 e. The van der Waals surface area contributed by atoms with E-state index in [1.54, 1.807) is 59.9 Å². The third-order valence-electron chi connectivity index (χ3n) is 5.43. The van der Waals surface area contributed by atoms with Crippen molar-refractivity contribution >= 4 is 48.9 Å². The third kappa shape index (κ3) is 4.94. The first-order valence-electron chi connectivity index (χ1n) is 10.8. The van der Waals surface area contributed by atoms with Crippen LogP contribution in [0.3, 0.4) is 0 Å². The standard InChI is InChI=1S/C27H21N3O3S2/c1-18-10-16-21(17-11-18)35(32,33)30-20-14-12-19(13-15-20)26(31)28-23-7-3-2-6-22(23)27-29-24-8-4-5-9-25(24)34-27/h2-17,30H,1H3,(H,28,31). The molecule has 0 saturated heterocycles. The van der Waals surface area contributed by atoms with Crippen molar-refractivity contribution in [3.05, 3.63) is 108 Å². The van der Waals surface area contributed by atoms with Crippen molar-refractivity contribution in [2.75, 3.05) is 10.0 Å². The Morgan fingerprint density at radius 2 is 1.51 bits per heavy atom. The van der Waals surface area contributed by atoms with Crippen LogP contribution >= 0.6 is 11.3 Å². The van der Waals surface area contributed by atoms with Crippen molar-refractivity contribution in [1.82, 2.24) is 4.98 Å². The van der Waals surface area contributed by atoms with E-state index in [0.29, 0.717) is 16.9 Å². The molecule has 0 aliphatic heterocycles. The number of carbonyl (C=O) groups is 1. The molecule has 0 radical (unpaired) electrons. The summed E-state index contributed by atoms with van der Waals surface area (Å²) >= 11 is 1.57. The van der Waals surface area contributed by atoms with Crippen LogP contribution in [0.25, 0.3) is 20.8 Å². The molecular weight excluding hydrogens is 478 g/mol. The minimum absolute atomic E-state index is 0.177. The molecule has 0 atom stereocenters. The molecule has 8 heteroatoms. The lowest BCUT2D eigenvalue weighted by Gasteiger charge is -2.11. The zero-order chi connectivity index (χ0) is 24.4. The van der Waals surface area contributed by atoms with Crippen LogP contribution in [0.4, 0.5) is 11.4 Å². The Bertz CT molecular complexity index is 1590. The van der Waals surface area contributed by atoms with Crippen molar-refractivity contribution in [2.24, 2.45) is 0 Å². The van der Waals surface area contributed by atoms with E-state index < -0.39 is 10.0 Å². The van der Waals surface area contributed by atoms with Crippen LogP contribution in [-0.2, 0) is 10.0 Å². The Labute approximate surface area is 207 Å². The number of aromatic nitrogens is 1. The summed E-state index contributed by atoms with van der Waals surface area (Å²) in [6, 6.07) is 28.4. The van der Waals surface area contributed by atoms with Gasteiger partial charge in [0.2, 0.25) is 0 Å². The second-order valence-corrected chi connectivity index (χ2v) is 10.7. The van der Waals surface area contributed by atoms with Crippen LogP contribution < -0.4 is 10.0 Å². The molecule has 5 rings (SSSR count). The number of fused-ring (bicyclic) bond motifs is 1. The van der Waals surface area contributed by atoms with Gasteiger partial charge in [0.05, 0.1) is 20.8 Å². The summed E-state index contributed by atoms with van der Waals surface area (Å²) in [4.78, 5) is 17.8. The fourth-order valence-corrected chi connectivity index (χ4v) is 5.65. The van der Waals surface area contributed by atoms with Gasteiger partial charge in [0.25, 0.3) is 15.9 Å². The second kappa shape index (κ2) is 9.32. The lowest BCUT2D eigenvalue weighted by Crippen LogP contribution is -2.14. The highest BCUT2D eigenvalue weighted by Gasteiger charge is 2.16. The van der Waals surface area contributed by atoms with Crippen LogP contribution in [0.5, 0.6) is 0 Å². The smallest absolute Gasteiger partial charge is 0.261 e. The van der Waals surface area contributed by atoms with E-state index >= 15 is 0 Å². The molecule has 0 spiro atoms. The number of nitrogens with one attached hydrogen (secondary N) is 2. The number of carbonyl (C=O) groups excluding carboxylic acids is 1. The molecule has 5 aromatic rings. The number of rotatable bonds is 6. The van der Waals surface area contributed by atoms with E-state index in [9.17, 15) is 13.2 Å². The van der Waals surface area contributed by atoms with Gasteiger partial charge in [-0.3, -0.25) is 9.52 Å². The number of benzene rings is 4. The van der Waals surface area contributed by atoms with Crippen LogP contribution in [0.1, 0.15) is 15.9 Å². The molecule has 0 unspecified atom stereocenters. The highest BCUT2D eigenvalue weighted by molar-refractivity contribution is 7.92. The van der Waals surface area contributed by atoms with E-state index in [4.69, 9.17) is 4.98 Å². The Balaban J connectivity index is 1.33. The number of amides is 1. The summed E-state index contributed by atoms with van der Waals surface area (Å²) < 4.78 is 28.9. The number of sulfonamides is 1. The molecule has 35 heavy (non-hydrogen) atoms. The number of hydrogen-bond acceptors (Lipinski definition) is 5. The number of nitrogens with zero attached hydrogens (tertiary/aromatic N) is 1. The maximum absolute atomic E-state index is 13.0. The third-order valence-corrected chi connectivity index (χ3v) is 7.90. The van der Waals surface area contributed by atoms with Gasteiger partial charge >= 0.3 is 0 Å². The average Bonchev–Trinajstić information content (AvgIpc) is 3.29. The average molecular weight is 500 g/mol. The van der Waals surface area contributed by atoms with Crippen molar-refractivity contribution in [2.45, 2.75) is 11.8 Å². The first-order valence-corrected chi connectivity index (χ1v) is 13.1. The highest BCUT2D eigenvalue weighted by Crippen LogP contribution is 2.34. The van der Waals surface area contributed by atoms with Crippen LogP contribution in [0.15, 0.2) is 102 Å². The van der Waals surface area contributed by atoms with E-state index in [1.807, 2.05) is 55.5 Å². The monoisotopic (exact) mass is 499 g/mol. The lowest BCUT2D eigenvalue weighted by atomic mass is 10.1. The normalized spacial score (nSPS) is 11.3.